The van der Waals surface area contributed by atoms with E-state index in [0.717, 1.165) is 11.1 Å². The molecule has 0 amide bonds. The topological polar surface area (TPSA) is 26.3 Å². The Balaban J connectivity index is 1.76. The SMILES string of the molecule is O=C(CC(SC1C=CC=CO1)c1ccccc1)c1ccccc1. The van der Waals surface area contributed by atoms with Crippen molar-refractivity contribution in [2.24, 2.45) is 0 Å². The molecule has 3 heteroatoms. The summed E-state index contributed by atoms with van der Waals surface area (Å²) in [5.74, 6) is 0.155. The Bertz CT molecular complexity index is 692. The Kier molecular flexibility index (Phi) is 5.33. The van der Waals surface area contributed by atoms with Crippen molar-refractivity contribution in [1.29, 1.82) is 0 Å². The van der Waals surface area contributed by atoms with Crippen LogP contribution in [-0.2, 0) is 4.74 Å². The molecule has 1 aliphatic rings. The second kappa shape index (κ2) is 7.84. The summed E-state index contributed by atoms with van der Waals surface area (Å²) in [7, 11) is 0. The third-order valence-corrected chi connectivity index (χ3v) is 4.91. The fourth-order valence-corrected chi connectivity index (χ4v) is 3.63. The van der Waals surface area contributed by atoms with E-state index in [2.05, 4.69) is 12.1 Å². The number of benzene rings is 2. The maximum absolute atomic E-state index is 12.6. The zero-order chi connectivity index (χ0) is 15.9. The fraction of sp³-hybridized carbons (Fsp3) is 0.150. The Morgan fingerprint density at radius 2 is 1.70 bits per heavy atom. The number of hydrogen-bond acceptors (Lipinski definition) is 3. The molecule has 0 fully saturated rings. The molecule has 2 atom stereocenters. The van der Waals surface area contributed by atoms with Gasteiger partial charge in [0.1, 0.15) is 0 Å². The minimum absolute atomic E-state index is 0.0602. The van der Waals surface area contributed by atoms with Gasteiger partial charge in [0.25, 0.3) is 0 Å². The molecule has 0 aliphatic carbocycles. The first kappa shape index (κ1) is 15.6. The number of allylic oxidation sites excluding steroid dienone is 2. The predicted octanol–water partition coefficient (Wildman–Crippen LogP) is 5.16. The van der Waals surface area contributed by atoms with Gasteiger partial charge in [-0.1, -0.05) is 66.7 Å². The van der Waals surface area contributed by atoms with Crippen LogP contribution in [0, 0.1) is 0 Å². The molecule has 2 nitrogen and oxygen atoms in total. The van der Waals surface area contributed by atoms with E-state index in [1.807, 2.05) is 66.8 Å². The molecule has 0 N–H and O–H groups in total. The summed E-state index contributed by atoms with van der Waals surface area (Å²) in [6, 6.07) is 19.6. The molecular weight excluding hydrogens is 304 g/mol. The third kappa shape index (κ3) is 4.36. The van der Waals surface area contributed by atoms with Crippen LogP contribution in [0.2, 0.25) is 0 Å². The minimum Gasteiger partial charge on any atom is -0.483 e. The molecule has 0 saturated heterocycles. The first-order valence-corrected chi connectivity index (χ1v) is 8.54. The summed E-state index contributed by atoms with van der Waals surface area (Å²) in [6.45, 7) is 0. The first-order chi connectivity index (χ1) is 11.3. The van der Waals surface area contributed by atoms with Gasteiger partial charge in [-0.25, -0.2) is 0 Å². The van der Waals surface area contributed by atoms with Crippen molar-refractivity contribution in [3.63, 3.8) is 0 Å². The lowest BCUT2D eigenvalue weighted by Gasteiger charge is -2.22. The van der Waals surface area contributed by atoms with Crippen molar-refractivity contribution in [3.05, 3.63) is 96.3 Å². The highest BCUT2D eigenvalue weighted by Gasteiger charge is 2.22. The second-order valence-corrected chi connectivity index (χ2v) is 6.55. The Labute approximate surface area is 140 Å². The summed E-state index contributed by atoms with van der Waals surface area (Å²) in [5, 5.41) is 0.0602. The van der Waals surface area contributed by atoms with E-state index in [1.165, 1.54) is 0 Å². The Morgan fingerprint density at radius 1 is 1.00 bits per heavy atom. The minimum atomic E-state index is -0.0613. The van der Waals surface area contributed by atoms with Gasteiger partial charge in [0.2, 0.25) is 0 Å². The van der Waals surface area contributed by atoms with E-state index in [-0.39, 0.29) is 16.5 Å². The molecule has 23 heavy (non-hydrogen) atoms. The lowest BCUT2D eigenvalue weighted by atomic mass is 10.0. The highest BCUT2D eigenvalue weighted by Crippen LogP contribution is 2.37. The van der Waals surface area contributed by atoms with Gasteiger partial charge in [0.15, 0.2) is 11.2 Å². The molecule has 2 unspecified atom stereocenters. The average molecular weight is 322 g/mol. The monoisotopic (exact) mass is 322 g/mol. The molecular formula is C20H18O2S. The zero-order valence-electron chi connectivity index (χ0n) is 12.7. The maximum atomic E-state index is 12.6. The average Bonchev–Trinajstić information content (AvgIpc) is 2.63. The van der Waals surface area contributed by atoms with Crippen LogP contribution in [0.3, 0.4) is 0 Å². The lowest BCUT2D eigenvalue weighted by molar-refractivity contribution is 0.0982. The highest BCUT2D eigenvalue weighted by atomic mass is 32.2. The smallest absolute Gasteiger partial charge is 0.164 e. The van der Waals surface area contributed by atoms with Gasteiger partial charge in [-0.2, -0.15) is 0 Å². The number of Topliss-reactive ketones (excluding diaryl/α,β-unsaturated/α-hetero) is 1. The first-order valence-electron chi connectivity index (χ1n) is 7.60. The molecule has 0 bridgehead atoms. The number of carbonyl (C=O) groups excluding carboxylic acids is 1. The second-order valence-electron chi connectivity index (χ2n) is 5.25. The van der Waals surface area contributed by atoms with Crippen molar-refractivity contribution in [3.8, 4) is 0 Å². The Morgan fingerprint density at radius 3 is 2.35 bits per heavy atom. The fourth-order valence-electron chi connectivity index (χ4n) is 2.43. The normalized spacial score (nSPS) is 17.5. The molecule has 116 valence electrons. The molecule has 2 aromatic rings. The van der Waals surface area contributed by atoms with Gasteiger partial charge in [0, 0.05) is 17.2 Å². The molecule has 2 aromatic carbocycles. The van der Waals surface area contributed by atoms with Crippen molar-refractivity contribution in [2.75, 3.05) is 0 Å². The van der Waals surface area contributed by atoms with E-state index in [4.69, 9.17) is 4.74 Å². The predicted molar refractivity (Wildman–Crippen MR) is 95.3 cm³/mol. The van der Waals surface area contributed by atoms with Crippen LogP contribution in [0.1, 0.15) is 27.6 Å². The number of ketones is 1. The van der Waals surface area contributed by atoms with Crippen molar-refractivity contribution in [2.45, 2.75) is 17.1 Å². The van der Waals surface area contributed by atoms with E-state index in [0.29, 0.717) is 6.42 Å². The third-order valence-electron chi connectivity index (χ3n) is 3.61. The molecule has 0 aromatic heterocycles. The van der Waals surface area contributed by atoms with Crippen molar-refractivity contribution < 1.29 is 9.53 Å². The summed E-state index contributed by atoms with van der Waals surface area (Å²) < 4.78 is 5.60. The van der Waals surface area contributed by atoms with Crippen molar-refractivity contribution in [1.82, 2.24) is 0 Å². The van der Waals surface area contributed by atoms with Gasteiger partial charge >= 0.3 is 0 Å². The summed E-state index contributed by atoms with van der Waals surface area (Å²) in [6.07, 6.45) is 7.99. The van der Waals surface area contributed by atoms with Gasteiger partial charge in [-0.05, 0) is 17.7 Å². The van der Waals surface area contributed by atoms with Gasteiger partial charge in [0.05, 0.1) is 6.26 Å². The van der Waals surface area contributed by atoms with Crippen LogP contribution >= 0.6 is 11.8 Å². The van der Waals surface area contributed by atoms with Crippen LogP contribution < -0.4 is 0 Å². The van der Waals surface area contributed by atoms with E-state index in [9.17, 15) is 4.79 Å². The van der Waals surface area contributed by atoms with Gasteiger partial charge < -0.3 is 4.74 Å². The molecule has 1 heterocycles. The Hall–Kier alpha value is -2.26. The highest BCUT2D eigenvalue weighted by molar-refractivity contribution is 8.00. The van der Waals surface area contributed by atoms with Crippen molar-refractivity contribution >= 4 is 17.5 Å². The number of ether oxygens (including phenoxy) is 1. The van der Waals surface area contributed by atoms with E-state index < -0.39 is 0 Å². The van der Waals surface area contributed by atoms with Crippen LogP contribution in [0.15, 0.2) is 85.2 Å². The zero-order valence-corrected chi connectivity index (χ0v) is 13.5. The van der Waals surface area contributed by atoms with Gasteiger partial charge in [-0.3, -0.25) is 4.79 Å². The summed E-state index contributed by atoms with van der Waals surface area (Å²) >= 11 is 1.66. The van der Waals surface area contributed by atoms with E-state index in [1.54, 1.807) is 18.0 Å². The van der Waals surface area contributed by atoms with Crippen LogP contribution in [-0.4, -0.2) is 11.2 Å². The van der Waals surface area contributed by atoms with E-state index >= 15 is 0 Å². The molecule has 0 radical (unpaired) electrons. The van der Waals surface area contributed by atoms with Crippen LogP contribution in [0.5, 0.6) is 0 Å². The largest absolute Gasteiger partial charge is 0.483 e. The number of hydrogen-bond donors (Lipinski definition) is 0. The maximum Gasteiger partial charge on any atom is 0.164 e. The van der Waals surface area contributed by atoms with Crippen LogP contribution in [0.4, 0.5) is 0 Å². The number of rotatable bonds is 6. The molecule has 0 saturated carbocycles. The lowest BCUT2D eigenvalue weighted by Crippen LogP contribution is -2.11. The number of thioether (sulfide) groups is 1. The quantitative estimate of drug-likeness (QED) is 0.687. The van der Waals surface area contributed by atoms with Crippen LogP contribution in [0.25, 0.3) is 0 Å². The molecule has 0 spiro atoms. The van der Waals surface area contributed by atoms with Gasteiger partial charge in [-0.15, -0.1) is 11.8 Å². The summed E-state index contributed by atoms with van der Waals surface area (Å²) in [5.41, 5.74) is 1.84. The molecule has 1 aliphatic heterocycles. The standard InChI is InChI=1S/C20H18O2S/c21-18(16-9-3-1-4-10-16)15-19(17-11-5-2-6-12-17)23-20-13-7-8-14-22-20/h1-14,19-20H,15H2. The molecule has 3 rings (SSSR count). The number of carbonyl (C=O) groups is 1. The summed E-state index contributed by atoms with van der Waals surface area (Å²) in [4.78, 5) is 12.6.